The number of nitrogens with one attached hydrogen (secondary N) is 3. The van der Waals surface area contributed by atoms with Crippen LogP contribution in [0, 0.1) is 18.8 Å². The predicted molar refractivity (Wildman–Crippen MR) is 177 cm³/mol. The molecular weight excluding hydrogens is 570 g/mol. The van der Waals surface area contributed by atoms with E-state index in [2.05, 4.69) is 66.4 Å². The van der Waals surface area contributed by atoms with E-state index in [1.54, 1.807) is 16.8 Å². The molecule has 0 bridgehead atoms. The number of pyridine rings is 1. The number of anilines is 2. The number of nitrogens with zero attached hydrogens (tertiary/aromatic N) is 6. The van der Waals surface area contributed by atoms with Gasteiger partial charge in [0.1, 0.15) is 29.7 Å². The van der Waals surface area contributed by atoms with Gasteiger partial charge in [-0.3, -0.25) is 20.0 Å². The quantitative estimate of drug-likeness (QED) is 0.131. The average molecular weight is 610 g/mol. The van der Waals surface area contributed by atoms with Crippen LogP contribution in [-0.2, 0) is 4.79 Å². The summed E-state index contributed by atoms with van der Waals surface area (Å²) in [6.07, 6.45) is 2.93. The number of aliphatic imine (C=N–C) groups is 1. The molecule has 1 fully saturated rings. The Bertz CT molecular complexity index is 1720. The fraction of sp³-hybridized carbons (Fsp3) is 0.333. The second-order valence-corrected chi connectivity index (χ2v) is 10.7. The number of aromatic nitrogens is 3. The van der Waals surface area contributed by atoms with Crippen LogP contribution in [0.1, 0.15) is 24.2 Å². The number of hydrogen-bond acceptors (Lipinski definition) is 10. The van der Waals surface area contributed by atoms with Gasteiger partial charge in [-0.2, -0.15) is 5.10 Å². The number of hydrogen-bond donors (Lipinski definition) is 3. The van der Waals surface area contributed by atoms with Crippen molar-refractivity contribution in [2.75, 3.05) is 64.1 Å². The lowest BCUT2D eigenvalue weighted by atomic mass is 10.1. The van der Waals surface area contributed by atoms with Crippen LogP contribution in [-0.4, -0.2) is 90.4 Å². The van der Waals surface area contributed by atoms with Crippen molar-refractivity contribution in [3.8, 4) is 29.1 Å². The number of ether oxygens (including phenoxy) is 2. The highest BCUT2D eigenvalue weighted by atomic mass is 16.5. The number of rotatable bonds is 11. The van der Waals surface area contributed by atoms with Crippen LogP contribution in [0.25, 0.3) is 5.65 Å². The molecule has 12 heteroatoms. The molecule has 5 rings (SSSR count). The molecule has 1 atom stereocenters. The molecule has 234 valence electrons. The molecule has 1 unspecified atom stereocenters. The van der Waals surface area contributed by atoms with Gasteiger partial charge in [-0.05, 0) is 76.5 Å². The monoisotopic (exact) mass is 609 g/mol. The first kappa shape index (κ1) is 31.5. The maximum atomic E-state index is 12.9. The largest absolute Gasteiger partial charge is 0.492 e. The summed E-state index contributed by atoms with van der Waals surface area (Å²) >= 11 is 0. The van der Waals surface area contributed by atoms with Crippen molar-refractivity contribution < 1.29 is 14.3 Å². The third-order valence-electron chi connectivity index (χ3n) is 7.51. The number of carbonyl (C=O) groups is 1. The van der Waals surface area contributed by atoms with Crippen molar-refractivity contribution in [3.05, 3.63) is 66.1 Å². The van der Waals surface area contributed by atoms with E-state index in [-0.39, 0.29) is 6.17 Å². The number of aryl methyl sites for hydroxylation is 1. The lowest BCUT2D eigenvalue weighted by Gasteiger charge is -2.30. The molecular formula is C33H39N9O3. The average Bonchev–Trinajstić information content (AvgIpc) is 3.51. The second kappa shape index (κ2) is 14.7. The molecule has 45 heavy (non-hydrogen) atoms. The van der Waals surface area contributed by atoms with Gasteiger partial charge in [-0.25, -0.2) is 9.50 Å². The molecule has 2 aromatic carbocycles. The number of benzene rings is 2. The minimum Gasteiger partial charge on any atom is -0.492 e. The molecule has 0 spiro atoms. The number of amides is 1. The van der Waals surface area contributed by atoms with Gasteiger partial charge < -0.3 is 25.0 Å². The zero-order valence-electron chi connectivity index (χ0n) is 26.1. The molecule has 1 aliphatic rings. The van der Waals surface area contributed by atoms with E-state index < -0.39 is 5.91 Å². The third-order valence-corrected chi connectivity index (χ3v) is 7.51. The van der Waals surface area contributed by atoms with Crippen LogP contribution >= 0.6 is 0 Å². The number of carbonyl (C=O) groups excluding carboxylic acids is 1. The van der Waals surface area contributed by atoms with Gasteiger partial charge >= 0.3 is 0 Å². The number of likely N-dealkylation sites (N-methyl/N-ethyl adjacent to an activating group) is 1. The van der Waals surface area contributed by atoms with Crippen molar-refractivity contribution >= 4 is 35.3 Å². The topological polar surface area (TPSA) is 121 Å². The standard InChI is InChI=1S/C33H39N9O3/c1-6-44-30-21-27(34-3)26(20-28(30)39-32(43)8-7-12-41-16-14-40(5)15-17-41)33(35-4)38-24-9-10-29(23(2)18-24)45-25-11-13-42-31(19-25)36-22-37-42/h9-11,13,18-22,33,35,38H,3,6,12,14-17H2,1-2,4-5H3,(H,39,43). The Morgan fingerprint density at radius 3 is 2.69 bits per heavy atom. The van der Waals surface area contributed by atoms with Crippen LogP contribution in [0.3, 0.4) is 0 Å². The summed E-state index contributed by atoms with van der Waals surface area (Å²) < 4.78 is 13.7. The molecule has 1 amide bonds. The van der Waals surface area contributed by atoms with Gasteiger partial charge in [-0.1, -0.05) is 5.92 Å². The van der Waals surface area contributed by atoms with Gasteiger partial charge in [-0.15, -0.1) is 0 Å². The zero-order valence-corrected chi connectivity index (χ0v) is 26.1. The lowest BCUT2D eigenvalue weighted by molar-refractivity contribution is -0.111. The minimum absolute atomic E-state index is 0.373. The van der Waals surface area contributed by atoms with Gasteiger partial charge in [0.25, 0.3) is 5.91 Å². The Morgan fingerprint density at radius 2 is 1.96 bits per heavy atom. The highest BCUT2D eigenvalue weighted by Gasteiger charge is 2.19. The first-order chi connectivity index (χ1) is 21.9. The smallest absolute Gasteiger partial charge is 0.300 e. The summed E-state index contributed by atoms with van der Waals surface area (Å²) in [6, 6.07) is 13.2. The van der Waals surface area contributed by atoms with Crippen molar-refractivity contribution in [3.63, 3.8) is 0 Å². The van der Waals surface area contributed by atoms with Gasteiger partial charge in [0.2, 0.25) is 0 Å². The first-order valence-corrected chi connectivity index (χ1v) is 14.9. The summed E-state index contributed by atoms with van der Waals surface area (Å²) in [5.41, 5.74) is 4.39. The van der Waals surface area contributed by atoms with Gasteiger partial charge in [0.05, 0.1) is 24.5 Å². The maximum Gasteiger partial charge on any atom is 0.300 e. The molecule has 1 saturated heterocycles. The Morgan fingerprint density at radius 1 is 1.13 bits per heavy atom. The SMILES string of the molecule is C=Nc1cc(OCC)c(NC(=O)C#CCN2CCN(C)CC2)cc1C(NC)Nc1ccc(Oc2ccn3ncnc3c2)c(C)c1. The molecule has 12 nitrogen and oxygen atoms in total. The fourth-order valence-corrected chi connectivity index (χ4v) is 5.03. The van der Waals surface area contributed by atoms with Crippen LogP contribution in [0.5, 0.6) is 17.2 Å². The molecule has 0 aliphatic carbocycles. The highest BCUT2D eigenvalue weighted by Crippen LogP contribution is 2.37. The van der Waals surface area contributed by atoms with E-state index in [0.717, 1.165) is 48.7 Å². The molecule has 1 aliphatic heterocycles. The normalized spacial score (nSPS) is 14.3. The second-order valence-electron chi connectivity index (χ2n) is 10.7. The van der Waals surface area contributed by atoms with Crippen molar-refractivity contribution in [2.45, 2.75) is 20.0 Å². The van der Waals surface area contributed by atoms with Crippen molar-refractivity contribution in [1.82, 2.24) is 29.7 Å². The van der Waals surface area contributed by atoms with E-state index in [4.69, 9.17) is 9.47 Å². The number of fused-ring (bicyclic) bond motifs is 1. The minimum atomic E-state index is -0.404. The molecule has 3 heterocycles. The van der Waals surface area contributed by atoms with E-state index in [9.17, 15) is 4.79 Å². The van der Waals surface area contributed by atoms with E-state index in [1.807, 2.05) is 57.3 Å². The van der Waals surface area contributed by atoms with Gasteiger partial charge in [0.15, 0.2) is 5.65 Å². The van der Waals surface area contributed by atoms with Gasteiger partial charge in [0, 0.05) is 55.8 Å². The lowest BCUT2D eigenvalue weighted by Crippen LogP contribution is -2.44. The first-order valence-electron chi connectivity index (χ1n) is 14.9. The van der Waals surface area contributed by atoms with Crippen LogP contribution in [0.4, 0.5) is 17.1 Å². The van der Waals surface area contributed by atoms with E-state index in [1.165, 1.54) is 6.33 Å². The highest BCUT2D eigenvalue weighted by molar-refractivity contribution is 6.05. The van der Waals surface area contributed by atoms with Crippen molar-refractivity contribution in [1.29, 1.82) is 0 Å². The Labute approximate surface area is 263 Å². The van der Waals surface area contributed by atoms with Crippen LogP contribution < -0.4 is 25.4 Å². The molecule has 0 saturated carbocycles. The van der Waals surface area contributed by atoms with Crippen LogP contribution in [0.2, 0.25) is 0 Å². The molecule has 2 aromatic heterocycles. The molecule has 4 aromatic rings. The van der Waals surface area contributed by atoms with Crippen LogP contribution in [0.15, 0.2) is 60.0 Å². The summed E-state index contributed by atoms with van der Waals surface area (Å²) in [6.45, 7) is 12.5. The van der Waals surface area contributed by atoms with E-state index >= 15 is 0 Å². The Balaban J connectivity index is 1.31. The van der Waals surface area contributed by atoms with E-state index in [0.29, 0.717) is 41.7 Å². The fourth-order valence-electron chi connectivity index (χ4n) is 5.03. The predicted octanol–water partition coefficient (Wildman–Crippen LogP) is 4.08. The molecule has 3 N–H and O–H groups in total. The summed E-state index contributed by atoms with van der Waals surface area (Å²) in [4.78, 5) is 25.9. The molecule has 0 radical (unpaired) electrons. The Hall–Kier alpha value is -4.96. The summed E-state index contributed by atoms with van der Waals surface area (Å²) in [7, 11) is 3.95. The number of piperazine rings is 1. The Kier molecular flexibility index (Phi) is 10.3. The van der Waals surface area contributed by atoms with Crippen molar-refractivity contribution in [2.24, 2.45) is 4.99 Å². The summed E-state index contributed by atoms with van der Waals surface area (Å²) in [5.74, 6) is 7.22. The third kappa shape index (κ3) is 7.96. The zero-order chi connectivity index (χ0) is 31.8. The summed E-state index contributed by atoms with van der Waals surface area (Å²) in [5, 5.41) is 13.8. The maximum absolute atomic E-state index is 12.9.